The highest BCUT2D eigenvalue weighted by Gasteiger charge is 2.61. The van der Waals surface area contributed by atoms with Crippen LogP contribution >= 0.6 is 0 Å². The molecule has 0 spiro atoms. The lowest BCUT2D eigenvalue weighted by Gasteiger charge is -2.61. The topological polar surface area (TPSA) is 73.2 Å². The highest BCUT2D eigenvalue weighted by Crippen LogP contribution is 2.66. The van der Waals surface area contributed by atoms with Crippen LogP contribution in [-0.4, -0.2) is 27.8 Å². The van der Waals surface area contributed by atoms with Gasteiger partial charge in [0, 0.05) is 7.05 Å². The van der Waals surface area contributed by atoms with Crippen LogP contribution in [0.3, 0.4) is 0 Å². The number of rotatable bonds is 5. The number of ether oxygens (including phenoxy) is 1. The second-order valence-electron chi connectivity index (χ2n) is 10.6. The molecular weight excluding hydrogens is 402 g/mol. The predicted molar refractivity (Wildman–Crippen MR) is 122 cm³/mol. The van der Waals surface area contributed by atoms with Crippen LogP contribution in [0.25, 0.3) is 0 Å². The van der Waals surface area contributed by atoms with Crippen LogP contribution in [0, 0.1) is 31.1 Å². The first-order valence-electron chi connectivity index (χ1n) is 11.8. The third-order valence-electron chi connectivity index (χ3n) is 8.29. The highest BCUT2D eigenvalue weighted by atomic mass is 16.5. The van der Waals surface area contributed by atoms with Gasteiger partial charge in [-0.05, 0) is 82.1 Å². The molecule has 32 heavy (non-hydrogen) atoms. The van der Waals surface area contributed by atoms with Crippen LogP contribution in [0.2, 0.25) is 0 Å². The first-order chi connectivity index (χ1) is 15.2. The average Bonchev–Trinajstić information content (AvgIpc) is 2.99. The summed E-state index contributed by atoms with van der Waals surface area (Å²) >= 11 is 0. The summed E-state index contributed by atoms with van der Waals surface area (Å²) in [6.45, 7) is 5.43. The molecule has 4 fully saturated rings. The van der Waals surface area contributed by atoms with E-state index in [1.54, 1.807) is 11.6 Å². The Kier molecular flexibility index (Phi) is 4.95. The standard InChI is InChI=1S/C26H33N3O3/c1-16-22(17(2)29(4)28-16)27-23(30)18(3)32-24(31)26-13-19-10-20(14-26)12-25(11-19,15-26)21-8-6-5-7-9-21/h5-9,18-20H,10-15H2,1-4H3,(H,27,30)/t18-,19-,20+,25?,26?/m1/s1. The van der Waals surface area contributed by atoms with E-state index in [4.69, 9.17) is 4.74 Å². The van der Waals surface area contributed by atoms with Gasteiger partial charge in [-0.2, -0.15) is 5.10 Å². The summed E-state index contributed by atoms with van der Waals surface area (Å²) in [7, 11) is 1.84. The number of esters is 1. The molecular formula is C26H33N3O3. The predicted octanol–water partition coefficient (Wildman–Crippen LogP) is 4.45. The second kappa shape index (κ2) is 7.46. The summed E-state index contributed by atoms with van der Waals surface area (Å²) in [5.74, 6) is 0.636. The number of carbonyl (C=O) groups is 2. The molecule has 2 aromatic rings. The van der Waals surface area contributed by atoms with Crippen molar-refractivity contribution in [2.75, 3.05) is 5.32 Å². The number of nitrogens with one attached hydrogen (secondary N) is 1. The highest BCUT2D eigenvalue weighted by molar-refractivity contribution is 5.96. The van der Waals surface area contributed by atoms with Gasteiger partial charge in [0.05, 0.1) is 22.5 Å². The van der Waals surface area contributed by atoms with E-state index in [0.29, 0.717) is 17.5 Å². The number of hydrogen-bond donors (Lipinski definition) is 1. The quantitative estimate of drug-likeness (QED) is 0.705. The van der Waals surface area contributed by atoms with Crippen LogP contribution in [0.15, 0.2) is 30.3 Å². The zero-order chi connectivity index (χ0) is 22.7. The minimum absolute atomic E-state index is 0.0692. The Hall–Kier alpha value is -2.63. The molecule has 4 saturated carbocycles. The number of benzene rings is 1. The number of anilines is 1. The molecule has 1 aromatic heterocycles. The summed E-state index contributed by atoms with van der Waals surface area (Å²) in [6.07, 6.45) is 5.33. The van der Waals surface area contributed by atoms with E-state index in [9.17, 15) is 9.59 Å². The van der Waals surface area contributed by atoms with Gasteiger partial charge in [-0.1, -0.05) is 30.3 Å². The van der Waals surface area contributed by atoms with Gasteiger partial charge in [0.25, 0.3) is 5.91 Å². The van der Waals surface area contributed by atoms with Crippen molar-refractivity contribution in [3.8, 4) is 0 Å². The lowest BCUT2D eigenvalue weighted by molar-refractivity contribution is -0.180. The minimum atomic E-state index is -0.845. The Balaban J connectivity index is 1.33. The van der Waals surface area contributed by atoms with E-state index < -0.39 is 11.5 Å². The number of carbonyl (C=O) groups excluding carboxylic acids is 2. The van der Waals surface area contributed by atoms with E-state index in [1.807, 2.05) is 20.9 Å². The van der Waals surface area contributed by atoms with Crippen molar-refractivity contribution in [2.24, 2.45) is 24.3 Å². The number of aryl methyl sites for hydroxylation is 2. The van der Waals surface area contributed by atoms with Gasteiger partial charge in [0.15, 0.2) is 6.10 Å². The molecule has 170 valence electrons. The van der Waals surface area contributed by atoms with Crippen molar-refractivity contribution < 1.29 is 14.3 Å². The normalized spacial score (nSPS) is 31.4. The van der Waals surface area contributed by atoms with Crippen molar-refractivity contribution in [2.45, 2.75) is 70.8 Å². The summed E-state index contributed by atoms with van der Waals surface area (Å²) in [4.78, 5) is 26.4. The molecule has 6 nitrogen and oxygen atoms in total. The zero-order valence-electron chi connectivity index (χ0n) is 19.5. The molecule has 4 aliphatic rings. The molecule has 1 N–H and O–H groups in total. The van der Waals surface area contributed by atoms with Gasteiger partial charge in [0.2, 0.25) is 0 Å². The lowest BCUT2D eigenvalue weighted by atomic mass is 9.43. The Labute approximate surface area is 189 Å². The molecule has 1 heterocycles. The monoisotopic (exact) mass is 435 g/mol. The van der Waals surface area contributed by atoms with Gasteiger partial charge in [0.1, 0.15) is 0 Å². The lowest BCUT2D eigenvalue weighted by Crippen LogP contribution is -2.57. The number of hydrogen-bond acceptors (Lipinski definition) is 4. The maximum atomic E-state index is 13.6. The van der Waals surface area contributed by atoms with Gasteiger partial charge < -0.3 is 10.1 Å². The summed E-state index contributed by atoms with van der Waals surface area (Å²) in [5, 5.41) is 7.25. The van der Waals surface area contributed by atoms with Crippen LogP contribution in [0.1, 0.15) is 62.4 Å². The summed E-state index contributed by atoms with van der Waals surface area (Å²) < 4.78 is 7.59. The maximum Gasteiger partial charge on any atom is 0.312 e. The van der Waals surface area contributed by atoms with E-state index in [1.165, 1.54) is 12.0 Å². The van der Waals surface area contributed by atoms with Crippen LogP contribution < -0.4 is 5.32 Å². The molecule has 4 aliphatic carbocycles. The third kappa shape index (κ3) is 3.35. The fourth-order valence-corrected chi connectivity index (χ4v) is 7.15. The van der Waals surface area contributed by atoms with Gasteiger partial charge in [-0.15, -0.1) is 0 Å². The molecule has 0 aliphatic heterocycles. The van der Waals surface area contributed by atoms with E-state index >= 15 is 0 Å². The molecule has 5 atom stereocenters. The fourth-order valence-electron chi connectivity index (χ4n) is 7.15. The second-order valence-corrected chi connectivity index (χ2v) is 10.6. The summed E-state index contributed by atoms with van der Waals surface area (Å²) in [5.41, 5.74) is 3.29. The minimum Gasteiger partial charge on any atom is -0.452 e. The van der Waals surface area contributed by atoms with E-state index in [-0.39, 0.29) is 17.3 Å². The largest absolute Gasteiger partial charge is 0.452 e. The first-order valence-corrected chi connectivity index (χ1v) is 11.8. The van der Waals surface area contributed by atoms with E-state index in [0.717, 1.165) is 43.5 Å². The van der Waals surface area contributed by atoms with Crippen molar-refractivity contribution in [3.05, 3.63) is 47.3 Å². The van der Waals surface area contributed by atoms with Crippen LogP contribution in [-0.2, 0) is 26.8 Å². The van der Waals surface area contributed by atoms with Gasteiger partial charge in [-0.25, -0.2) is 0 Å². The zero-order valence-corrected chi connectivity index (χ0v) is 19.5. The van der Waals surface area contributed by atoms with Crippen LogP contribution in [0.5, 0.6) is 0 Å². The van der Waals surface area contributed by atoms with Crippen molar-refractivity contribution >= 4 is 17.6 Å². The Morgan fingerprint density at radius 2 is 1.78 bits per heavy atom. The molecule has 0 saturated heterocycles. The SMILES string of the molecule is Cc1nn(C)c(C)c1NC(=O)[C@@H](C)OC(=O)C12C[C@H]3C[C@@H](C1)CC(c1ccccc1)(C3)C2. The molecule has 6 rings (SSSR count). The summed E-state index contributed by atoms with van der Waals surface area (Å²) in [6, 6.07) is 10.7. The van der Waals surface area contributed by atoms with Crippen molar-refractivity contribution in [1.82, 2.24) is 9.78 Å². The Morgan fingerprint density at radius 1 is 1.12 bits per heavy atom. The third-order valence-corrected chi connectivity index (χ3v) is 8.29. The number of amides is 1. The number of nitrogens with zero attached hydrogens (tertiary/aromatic N) is 2. The van der Waals surface area contributed by atoms with Crippen molar-refractivity contribution in [3.63, 3.8) is 0 Å². The maximum absolute atomic E-state index is 13.6. The van der Waals surface area contributed by atoms with Gasteiger partial charge in [-0.3, -0.25) is 14.3 Å². The first kappa shape index (κ1) is 21.2. The molecule has 1 aromatic carbocycles. The van der Waals surface area contributed by atoms with Gasteiger partial charge >= 0.3 is 5.97 Å². The number of aromatic nitrogens is 2. The fraction of sp³-hybridized carbons (Fsp3) is 0.577. The molecule has 0 radical (unpaired) electrons. The smallest absolute Gasteiger partial charge is 0.312 e. The van der Waals surface area contributed by atoms with Crippen LogP contribution in [0.4, 0.5) is 5.69 Å². The Bertz CT molecular complexity index is 1040. The molecule has 6 heteroatoms. The van der Waals surface area contributed by atoms with E-state index in [2.05, 4.69) is 40.7 Å². The molecule has 1 amide bonds. The molecule has 4 bridgehead atoms. The average molecular weight is 436 g/mol. The Morgan fingerprint density at radius 3 is 2.38 bits per heavy atom. The molecule has 2 unspecified atom stereocenters. The van der Waals surface area contributed by atoms with Crippen molar-refractivity contribution in [1.29, 1.82) is 0 Å².